The lowest BCUT2D eigenvalue weighted by Crippen LogP contribution is -2.41. The Hall–Kier alpha value is -5.81. The second-order valence-corrected chi connectivity index (χ2v) is 20.9. The van der Waals surface area contributed by atoms with E-state index in [2.05, 4.69) is 97.4 Å². The van der Waals surface area contributed by atoms with Crippen LogP contribution in [0, 0.1) is 3.70 Å². The summed E-state index contributed by atoms with van der Waals surface area (Å²) in [5.41, 5.74) is 15.1. The van der Waals surface area contributed by atoms with E-state index >= 15 is 0 Å². The van der Waals surface area contributed by atoms with Crippen LogP contribution < -0.4 is 26.4 Å². The highest BCUT2D eigenvalue weighted by Gasteiger charge is 2.51. The number of rotatable bonds is 10. The Bertz CT molecular complexity index is 3140. The zero-order valence-corrected chi connectivity index (χ0v) is 41.6. The molecule has 20 heteroatoms. The molecule has 6 N–H and O–H groups in total. The minimum atomic E-state index is -0.943. The van der Waals surface area contributed by atoms with E-state index in [-0.39, 0.29) is 24.9 Å². The highest BCUT2D eigenvalue weighted by Crippen LogP contribution is 2.37. The first-order chi connectivity index (χ1) is 32.1. The van der Waals surface area contributed by atoms with E-state index in [4.69, 9.17) is 35.3 Å². The maximum Gasteiger partial charge on any atom is 0.494 e. The monoisotopic (exact) mass is 1030 g/mol. The average Bonchev–Trinajstić information content (AvgIpc) is 4.19. The number of halogens is 1. The molecule has 354 valence electrons. The summed E-state index contributed by atoms with van der Waals surface area (Å²) in [6.07, 6.45) is 7.97. The molecule has 0 amide bonds. The quantitative estimate of drug-likeness (QED) is 0.0814. The van der Waals surface area contributed by atoms with Crippen molar-refractivity contribution in [2.24, 2.45) is 0 Å². The van der Waals surface area contributed by atoms with Crippen LogP contribution in [-0.2, 0) is 22.4 Å². The zero-order valence-electron chi connectivity index (χ0n) is 39.4. The molecule has 1 aliphatic heterocycles. The molecule has 6 aromatic heterocycles. The van der Waals surface area contributed by atoms with Gasteiger partial charge in [0.15, 0.2) is 11.3 Å². The van der Waals surface area contributed by atoms with Crippen LogP contribution in [0.4, 0.5) is 11.6 Å². The van der Waals surface area contributed by atoms with Crippen LogP contribution in [0.5, 0.6) is 11.8 Å². The molecular formula is C48H56BIN12O6. The molecule has 3 fully saturated rings. The summed E-state index contributed by atoms with van der Waals surface area (Å²) in [7, 11) is -0.341. The maximum atomic E-state index is 10.3. The molecule has 0 spiro atoms. The van der Waals surface area contributed by atoms with Gasteiger partial charge in [-0.25, -0.2) is 39.3 Å². The van der Waals surface area contributed by atoms with Gasteiger partial charge in [-0.1, -0.05) is 18.2 Å². The van der Waals surface area contributed by atoms with Gasteiger partial charge in [-0.15, -0.1) is 0 Å². The third-order valence-corrected chi connectivity index (χ3v) is 12.7. The van der Waals surface area contributed by atoms with Crippen molar-refractivity contribution < 1.29 is 29.0 Å². The Morgan fingerprint density at radius 1 is 0.676 bits per heavy atom. The minimum absolute atomic E-state index is 0.289. The molecular weight excluding hydrogens is 978 g/mol. The number of nitrogen functional groups attached to an aromatic ring is 2. The van der Waals surface area contributed by atoms with Gasteiger partial charge in [0.05, 0.1) is 57.3 Å². The first kappa shape index (κ1) is 47.3. The Labute approximate surface area is 407 Å². The molecule has 2 aliphatic carbocycles. The fraction of sp³-hybridized carbons (Fsp3) is 0.417. The van der Waals surface area contributed by atoms with E-state index in [1.807, 2.05) is 48.5 Å². The third kappa shape index (κ3) is 10.6. The average molecular weight is 1030 g/mol. The molecule has 1 saturated heterocycles. The second kappa shape index (κ2) is 17.9. The van der Waals surface area contributed by atoms with Gasteiger partial charge in [0.2, 0.25) is 11.8 Å². The van der Waals surface area contributed by atoms with Gasteiger partial charge < -0.3 is 40.5 Å². The Kier molecular flexibility index (Phi) is 12.5. The number of hydrogen-bond donors (Lipinski definition) is 4. The SMILES string of the molecule is CC(C)(O)Cn1nc(-c2ccc3nc(OC4CC4)ccc3c2)c2c(N)ncnc21.CC(C)(O)Cn1nc(I)c2c(N)ncnc21.CC1(C)OB(c2ccc3nc(OC4CC4)ccc3c2)OC1(C)C. The molecule has 68 heavy (non-hydrogen) atoms. The van der Waals surface area contributed by atoms with Crippen molar-refractivity contribution in [2.75, 3.05) is 11.5 Å². The Morgan fingerprint density at radius 3 is 1.69 bits per heavy atom. The Morgan fingerprint density at radius 2 is 1.16 bits per heavy atom. The summed E-state index contributed by atoms with van der Waals surface area (Å²) in [6.45, 7) is 15.8. The number of nitrogens with two attached hydrogens (primary N) is 2. The minimum Gasteiger partial charge on any atom is -0.474 e. The molecule has 11 rings (SSSR count). The molecule has 0 unspecified atom stereocenters. The smallest absolute Gasteiger partial charge is 0.474 e. The molecule has 0 atom stereocenters. The summed E-state index contributed by atoms with van der Waals surface area (Å²) in [5.74, 6) is 2.14. The van der Waals surface area contributed by atoms with Crippen molar-refractivity contribution in [3.05, 3.63) is 77.0 Å². The molecule has 2 saturated carbocycles. The predicted octanol–water partition coefficient (Wildman–Crippen LogP) is 6.80. The largest absolute Gasteiger partial charge is 0.494 e. The van der Waals surface area contributed by atoms with Gasteiger partial charge in [0.1, 0.15) is 45.9 Å². The van der Waals surface area contributed by atoms with Crippen molar-refractivity contribution in [3.63, 3.8) is 0 Å². The Balaban J connectivity index is 0.000000133. The zero-order chi connectivity index (χ0) is 48.3. The van der Waals surface area contributed by atoms with E-state index in [1.54, 1.807) is 37.1 Å². The van der Waals surface area contributed by atoms with Gasteiger partial charge in [-0.05, 0) is 139 Å². The van der Waals surface area contributed by atoms with Crippen molar-refractivity contribution in [2.45, 2.75) is 129 Å². The van der Waals surface area contributed by atoms with Crippen molar-refractivity contribution >= 4 is 90.7 Å². The number of hydrogen-bond acceptors (Lipinski definition) is 16. The lowest BCUT2D eigenvalue weighted by atomic mass is 9.78. The lowest BCUT2D eigenvalue weighted by Gasteiger charge is -2.32. The first-order valence-corrected chi connectivity index (χ1v) is 23.7. The third-order valence-electron chi connectivity index (χ3n) is 11.9. The number of ether oxygens (including phenoxy) is 2. The molecule has 18 nitrogen and oxygen atoms in total. The molecule has 7 heterocycles. The number of benzene rings is 2. The lowest BCUT2D eigenvalue weighted by molar-refractivity contribution is 0.00578. The van der Waals surface area contributed by atoms with Crippen LogP contribution in [0.25, 0.3) is 55.1 Å². The van der Waals surface area contributed by atoms with E-state index in [0.717, 1.165) is 67.6 Å². The molecule has 0 radical (unpaired) electrons. The second-order valence-electron chi connectivity index (χ2n) is 19.9. The fourth-order valence-electron chi connectivity index (χ4n) is 7.52. The van der Waals surface area contributed by atoms with Gasteiger partial charge in [0, 0.05) is 28.5 Å². The molecule has 3 aliphatic rings. The van der Waals surface area contributed by atoms with Gasteiger partial charge in [-0.3, -0.25) is 0 Å². The number of pyridine rings is 2. The maximum absolute atomic E-state index is 10.3. The van der Waals surface area contributed by atoms with Gasteiger partial charge in [0.25, 0.3) is 0 Å². The van der Waals surface area contributed by atoms with Gasteiger partial charge >= 0.3 is 7.12 Å². The predicted molar refractivity (Wildman–Crippen MR) is 270 cm³/mol. The van der Waals surface area contributed by atoms with Crippen molar-refractivity contribution in [3.8, 4) is 23.0 Å². The van der Waals surface area contributed by atoms with Crippen LogP contribution in [0.3, 0.4) is 0 Å². The molecule has 0 bridgehead atoms. The van der Waals surface area contributed by atoms with E-state index in [9.17, 15) is 10.2 Å². The van der Waals surface area contributed by atoms with Crippen LogP contribution >= 0.6 is 22.6 Å². The number of nitrogens with zero attached hydrogens (tertiary/aromatic N) is 10. The topological polar surface area (TPSA) is 242 Å². The summed E-state index contributed by atoms with van der Waals surface area (Å²) in [6, 6.07) is 19.9. The van der Waals surface area contributed by atoms with Crippen molar-refractivity contribution in [1.29, 1.82) is 0 Å². The standard InChI is InChI=1S/C21H22N6O2.C18H22BNO3.C9H12IN5O/c1-21(2,28)10-27-20-17(19(22)23-11-24-20)18(26-27)13-3-7-15-12(9-13)4-8-16(25-15)29-14-5-6-14;1-17(2)18(3,4)23-19(22-17)13-6-9-15-12(11-13)5-10-16(20-15)21-14-7-8-14;1-9(2,16)3-15-8-5(6(10)14-15)7(11)12-4-13-8/h3-4,7-9,11,14,28H,5-6,10H2,1-2H3,(H2,22,23,24);5-6,9-11,14H,7-8H2,1-4H3;4,16H,3H2,1-2H3,(H2,11,12,13). The summed E-state index contributed by atoms with van der Waals surface area (Å²) in [4.78, 5) is 25.7. The summed E-state index contributed by atoms with van der Waals surface area (Å²) < 4.78 is 27.8. The van der Waals surface area contributed by atoms with E-state index in [0.29, 0.717) is 64.5 Å². The normalized spacial score (nSPS) is 16.7. The fourth-order valence-corrected chi connectivity index (χ4v) is 8.30. The number of fused-ring (bicyclic) bond motifs is 4. The first-order valence-electron chi connectivity index (χ1n) is 22.6. The summed E-state index contributed by atoms with van der Waals surface area (Å²) in [5, 5.41) is 32.5. The van der Waals surface area contributed by atoms with Crippen LogP contribution in [0.1, 0.15) is 81.1 Å². The summed E-state index contributed by atoms with van der Waals surface area (Å²) >= 11 is 2.08. The number of anilines is 2. The highest BCUT2D eigenvalue weighted by molar-refractivity contribution is 14.1. The molecule has 8 aromatic rings. The van der Waals surface area contributed by atoms with Gasteiger partial charge in [-0.2, -0.15) is 10.2 Å². The van der Waals surface area contributed by atoms with E-state index < -0.39 is 11.2 Å². The highest BCUT2D eigenvalue weighted by atomic mass is 127. The number of aliphatic hydroxyl groups is 2. The van der Waals surface area contributed by atoms with Crippen LogP contribution in [0.2, 0.25) is 0 Å². The van der Waals surface area contributed by atoms with E-state index in [1.165, 1.54) is 12.7 Å². The number of aromatic nitrogens is 10. The van der Waals surface area contributed by atoms with Crippen LogP contribution in [-0.4, -0.2) is 101 Å². The van der Waals surface area contributed by atoms with Crippen LogP contribution in [0.15, 0.2) is 73.3 Å². The van der Waals surface area contributed by atoms with Crippen molar-refractivity contribution in [1.82, 2.24) is 49.5 Å². The molecule has 2 aromatic carbocycles.